The summed E-state index contributed by atoms with van der Waals surface area (Å²) in [7, 11) is 0. The number of fused-ring (bicyclic) bond motifs is 1. The van der Waals surface area contributed by atoms with E-state index in [2.05, 4.69) is 23.1 Å². The number of hydrogen-bond donors (Lipinski definition) is 0. The average Bonchev–Trinajstić information content (AvgIpc) is 3.08. The topological polar surface area (TPSA) is 20.3 Å². The Balaban J connectivity index is 1.50. The van der Waals surface area contributed by atoms with Gasteiger partial charge in [-0.1, -0.05) is 48.5 Å². The number of likely N-dealkylation sites (tertiary alicyclic amines) is 1. The van der Waals surface area contributed by atoms with E-state index < -0.39 is 0 Å². The summed E-state index contributed by atoms with van der Waals surface area (Å²) >= 11 is 0. The van der Waals surface area contributed by atoms with Crippen LogP contribution < -0.4 is 0 Å². The maximum Gasteiger partial charge on any atom is 0.168 e. The Labute approximate surface area is 135 Å². The first-order valence-corrected chi connectivity index (χ1v) is 7.99. The average molecular weight is 307 g/mol. The molecule has 0 amide bonds. The number of carbonyl (C=O) groups excluding carboxylic acids is 1. The summed E-state index contributed by atoms with van der Waals surface area (Å²) in [4.78, 5) is 15.0. The molecule has 0 saturated carbocycles. The highest BCUT2D eigenvalue weighted by molar-refractivity contribution is 6.24. The predicted octanol–water partition coefficient (Wildman–Crippen LogP) is 3.54. The number of halogens is 1. The van der Waals surface area contributed by atoms with Crippen LogP contribution in [0.5, 0.6) is 0 Å². The molecular formula is C20H18FNO. The highest BCUT2D eigenvalue weighted by Gasteiger charge is 2.42. The molecular weight excluding hydrogens is 289 g/mol. The number of benzene rings is 2. The van der Waals surface area contributed by atoms with Gasteiger partial charge in [-0.25, -0.2) is 4.39 Å². The predicted molar refractivity (Wildman–Crippen MR) is 88.1 cm³/mol. The van der Waals surface area contributed by atoms with Crippen molar-refractivity contribution >= 4 is 11.4 Å². The molecule has 2 aliphatic rings. The van der Waals surface area contributed by atoms with Crippen LogP contribution in [-0.4, -0.2) is 23.8 Å². The van der Waals surface area contributed by atoms with Crippen LogP contribution in [0.25, 0.3) is 5.57 Å². The Bertz CT molecular complexity index is 751. The van der Waals surface area contributed by atoms with Gasteiger partial charge in [0.25, 0.3) is 0 Å². The van der Waals surface area contributed by atoms with Gasteiger partial charge in [-0.15, -0.1) is 0 Å². The molecule has 1 fully saturated rings. The van der Waals surface area contributed by atoms with Crippen molar-refractivity contribution in [3.8, 4) is 0 Å². The minimum atomic E-state index is -0.269. The lowest BCUT2D eigenvalue weighted by atomic mass is 9.97. The van der Waals surface area contributed by atoms with E-state index >= 15 is 0 Å². The van der Waals surface area contributed by atoms with Crippen LogP contribution in [0, 0.1) is 17.7 Å². The quantitative estimate of drug-likeness (QED) is 0.864. The van der Waals surface area contributed by atoms with E-state index in [1.807, 2.05) is 18.2 Å². The lowest BCUT2D eigenvalue weighted by Gasteiger charge is -2.16. The van der Waals surface area contributed by atoms with E-state index in [1.54, 1.807) is 12.1 Å². The van der Waals surface area contributed by atoms with Gasteiger partial charge in [0, 0.05) is 37.0 Å². The van der Waals surface area contributed by atoms with Gasteiger partial charge in [0.05, 0.1) is 0 Å². The van der Waals surface area contributed by atoms with Crippen LogP contribution in [0.3, 0.4) is 0 Å². The minimum absolute atomic E-state index is 0.0544. The summed E-state index contributed by atoms with van der Waals surface area (Å²) in [6.07, 6.45) is 2.09. The molecule has 2 nitrogen and oxygen atoms in total. The van der Waals surface area contributed by atoms with Crippen LogP contribution >= 0.6 is 0 Å². The fraction of sp³-hybridized carbons (Fsp3) is 0.250. The molecule has 1 saturated heterocycles. The first-order chi connectivity index (χ1) is 11.2. The molecule has 116 valence electrons. The fourth-order valence-corrected chi connectivity index (χ4v) is 3.69. The van der Waals surface area contributed by atoms with Crippen molar-refractivity contribution in [3.63, 3.8) is 0 Å². The molecule has 0 spiro atoms. The summed E-state index contributed by atoms with van der Waals surface area (Å²) < 4.78 is 13.0. The molecule has 2 aromatic carbocycles. The first kappa shape index (κ1) is 14.3. The number of hydrogen-bond acceptors (Lipinski definition) is 2. The fourth-order valence-electron chi connectivity index (χ4n) is 3.69. The SMILES string of the molecule is O=C1C(c2ccc(F)cc2)=CC2CN(Cc3ccccc3)CC12. The largest absolute Gasteiger partial charge is 0.298 e. The van der Waals surface area contributed by atoms with Crippen molar-refractivity contribution < 1.29 is 9.18 Å². The highest BCUT2D eigenvalue weighted by atomic mass is 19.1. The lowest BCUT2D eigenvalue weighted by molar-refractivity contribution is -0.116. The zero-order chi connectivity index (χ0) is 15.8. The van der Waals surface area contributed by atoms with Crippen LogP contribution in [0.4, 0.5) is 4.39 Å². The molecule has 2 atom stereocenters. The van der Waals surface area contributed by atoms with E-state index in [9.17, 15) is 9.18 Å². The van der Waals surface area contributed by atoms with Gasteiger partial charge < -0.3 is 0 Å². The molecule has 4 rings (SSSR count). The summed E-state index contributed by atoms with van der Waals surface area (Å²) in [5.41, 5.74) is 2.88. The normalized spacial score (nSPS) is 23.9. The third-order valence-electron chi connectivity index (χ3n) is 4.83. The van der Waals surface area contributed by atoms with Crippen LogP contribution in [0.15, 0.2) is 60.7 Å². The van der Waals surface area contributed by atoms with E-state index in [0.29, 0.717) is 0 Å². The molecule has 2 aromatic rings. The molecule has 3 heteroatoms. The van der Waals surface area contributed by atoms with E-state index in [-0.39, 0.29) is 23.4 Å². The highest BCUT2D eigenvalue weighted by Crippen LogP contribution is 2.38. The molecule has 1 aliphatic carbocycles. The second kappa shape index (κ2) is 5.74. The third kappa shape index (κ3) is 2.73. The van der Waals surface area contributed by atoms with Gasteiger partial charge in [0.1, 0.15) is 5.82 Å². The second-order valence-corrected chi connectivity index (χ2v) is 6.40. The summed E-state index contributed by atoms with van der Waals surface area (Å²) in [5, 5.41) is 0. The number of ketones is 1. The van der Waals surface area contributed by atoms with E-state index in [0.717, 1.165) is 30.8 Å². The van der Waals surface area contributed by atoms with Gasteiger partial charge in [0.2, 0.25) is 0 Å². The Morgan fingerprint density at radius 1 is 1.00 bits per heavy atom. The Hall–Kier alpha value is -2.26. The number of allylic oxidation sites excluding steroid dienone is 1. The third-order valence-corrected chi connectivity index (χ3v) is 4.83. The first-order valence-electron chi connectivity index (χ1n) is 7.99. The molecule has 0 N–H and O–H groups in total. The monoisotopic (exact) mass is 307 g/mol. The zero-order valence-corrected chi connectivity index (χ0v) is 12.8. The zero-order valence-electron chi connectivity index (χ0n) is 12.8. The van der Waals surface area contributed by atoms with Crippen molar-refractivity contribution in [1.82, 2.24) is 4.90 Å². The molecule has 1 aliphatic heterocycles. The lowest BCUT2D eigenvalue weighted by Crippen LogP contribution is -2.23. The van der Waals surface area contributed by atoms with Crippen molar-refractivity contribution in [2.45, 2.75) is 6.54 Å². The van der Waals surface area contributed by atoms with Gasteiger partial charge in [0.15, 0.2) is 5.78 Å². The number of Topliss-reactive ketones (excluding diaryl/α,β-unsaturated/α-hetero) is 1. The van der Waals surface area contributed by atoms with Gasteiger partial charge in [-0.3, -0.25) is 9.69 Å². The van der Waals surface area contributed by atoms with Crippen LogP contribution in [0.1, 0.15) is 11.1 Å². The van der Waals surface area contributed by atoms with Crippen molar-refractivity contribution in [2.24, 2.45) is 11.8 Å². The molecule has 0 aromatic heterocycles. The summed E-state index contributed by atoms with van der Waals surface area (Å²) in [6, 6.07) is 16.6. The summed E-state index contributed by atoms with van der Waals surface area (Å²) in [6.45, 7) is 2.61. The van der Waals surface area contributed by atoms with Crippen LogP contribution in [-0.2, 0) is 11.3 Å². The number of carbonyl (C=O) groups is 1. The van der Waals surface area contributed by atoms with Crippen molar-refractivity contribution in [1.29, 1.82) is 0 Å². The second-order valence-electron chi connectivity index (χ2n) is 6.40. The van der Waals surface area contributed by atoms with Gasteiger partial charge >= 0.3 is 0 Å². The summed E-state index contributed by atoms with van der Waals surface area (Å²) in [5.74, 6) is 0.274. The van der Waals surface area contributed by atoms with E-state index in [4.69, 9.17) is 0 Å². The molecule has 1 heterocycles. The van der Waals surface area contributed by atoms with E-state index in [1.165, 1.54) is 17.7 Å². The smallest absolute Gasteiger partial charge is 0.168 e. The van der Waals surface area contributed by atoms with Crippen LogP contribution in [0.2, 0.25) is 0 Å². The maximum absolute atomic E-state index is 13.0. The molecule has 0 bridgehead atoms. The number of nitrogens with zero attached hydrogens (tertiary/aromatic N) is 1. The van der Waals surface area contributed by atoms with Crippen molar-refractivity contribution in [2.75, 3.05) is 13.1 Å². The standard InChI is InChI=1S/C20H18FNO/c21-17-8-6-15(7-9-17)18-10-16-12-22(13-19(16)20(18)23)11-14-4-2-1-3-5-14/h1-10,16,19H,11-13H2. The Kier molecular flexibility index (Phi) is 3.58. The van der Waals surface area contributed by atoms with Gasteiger partial charge in [-0.2, -0.15) is 0 Å². The molecule has 23 heavy (non-hydrogen) atoms. The number of rotatable bonds is 3. The Morgan fingerprint density at radius 3 is 2.43 bits per heavy atom. The maximum atomic E-state index is 13.0. The Morgan fingerprint density at radius 2 is 1.74 bits per heavy atom. The van der Waals surface area contributed by atoms with Gasteiger partial charge in [-0.05, 0) is 23.3 Å². The molecule has 0 radical (unpaired) electrons. The molecule has 2 unspecified atom stereocenters. The van der Waals surface area contributed by atoms with Crippen molar-refractivity contribution in [3.05, 3.63) is 77.6 Å². The minimum Gasteiger partial charge on any atom is -0.298 e.